The Hall–Kier alpha value is -4.19. The highest BCUT2D eigenvalue weighted by Gasteiger charge is 2.60. The largest absolute Gasteiger partial charge is 0.435 e. The molecule has 1 fully saturated rings. The van der Waals surface area contributed by atoms with Gasteiger partial charge in [0.05, 0.1) is 29.4 Å². The van der Waals surface area contributed by atoms with Crippen molar-refractivity contribution < 1.29 is 40.3 Å². The Morgan fingerprint density at radius 1 is 1.12 bits per heavy atom. The van der Waals surface area contributed by atoms with E-state index in [4.69, 9.17) is 11.6 Å². The van der Waals surface area contributed by atoms with Crippen molar-refractivity contribution in [3.05, 3.63) is 92.2 Å². The Morgan fingerprint density at radius 2 is 1.83 bits per heavy atom. The molecule has 0 saturated heterocycles. The monoisotopic (exact) mass is 821 g/mol. The van der Waals surface area contributed by atoms with Crippen LogP contribution in [0.15, 0.2) is 58.2 Å². The Morgan fingerprint density at radius 3 is 2.42 bits per heavy atom. The number of aromatic nitrogens is 5. The molecule has 1 saturated carbocycles. The molecule has 2 amide bonds. The maximum Gasteiger partial charge on any atom is 0.435 e. The number of nitrogens with one attached hydrogen (secondary N) is 2. The van der Waals surface area contributed by atoms with Gasteiger partial charge in [0.25, 0.3) is 5.56 Å². The predicted molar refractivity (Wildman–Crippen MR) is 178 cm³/mol. The molecule has 0 aliphatic heterocycles. The highest BCUT2D eigenvalue weighted by atomic mass is 79.9. The van der Waals surface area contributed by atoms with Gasteiger partial charge in [-0.3, -0.25) is 19.1 Å². The SMILES string of the molecule is Cn1cc(-c2cc(C(F)(F)F)nn2CC(C)(C)NC(=O)[C@@H](Cc2cnn(C(F)F)c2)NC(=O)[C@@]2(CCCl)C[C@@H]2c2ccc(Br)cc2F)cc(F)c1=O. The summed E-state index contributed by atoms with van der Waals surface area (Å²) in [7, 11) is 1.22. The van der Waals surface area contributed by atoms with Crippen LogP contribution < -0.4 is 16.2 Å². The number of carbonyl (C=O) groups is 2. The normalized spacial score (nSPS) is 18.1. The van der Waals surface area contributed by atoms with E-state index in [1.54, 1.807) is 6.07 Å². The zero-order valence-corrected chi connectivity index (χ0v) is 30.1. The van der Waals surface area contributed by atoms with Crippen LogP contribution in [-0.4, -0.2) is 53.4 Å². The van der Waals surface area contributed by atoms with Crippen molar-refractivity contribution in [1.82, 2.24) is 34.8 Å². The van der Waals surface area contributed by atoms with Gasteiger partial charge in [-0.05, 0) is 62.1 Å². The Bertz CT molecular complexity index is 2020. The lowest BCUT2D eigenvalue weighted by Crippen LogP contribution is -2.56. The highest BCUT2D eigenvalue weighted by molar-refractivity contribution is 9.10. The van der Waals surface area contributed by atoms with Crippen LogP contribution in [0.3, 0.4) is 0 Å². The third kappa shape index (κ3) is 8.37. The molecule has 280 valence electrons. The van der Waals surface area contributed by atoms with E-state index < -0.39 is 76.9 Å². The van der Waals surface area contributed by atoms with E-state index in [0.717, 1.165) is 33.9 Å². The number of hydrogen-bond donors (Lipinski definition) is 2. The van der Waals surface area contributed by atoms with Gasteiger partial charge in [-0.2, -0.15) is 32.1 Å². The molecule has 0 radical (unpaired) electrons. The van der Waals surface area contributed by atoms with Crippen LogP contribution >= 0.6 is 27.5 Å². The number of rotatable bonds is 13. The van der Waals surface area contributed by atoms with Gasteiger partial charge in [-0.1, -0.05) is 22.0 Å². The van der Waals surface area contributed by atoms with Crippen LogP contribution in [0.2, 0.25) is 0 Å². The summed E-state index contributed by atoms with van der Waals surface area (Å²) in [6.07, 6.45) is -1.66. The topological polar surface area (TPSA) is 116 Å². The predicted octanol–water partition coefficient (Wildman–Crippen LogP) is 6.33. The van der Waals surface area contributed by atoms with Crippen molar-refractivity contribution in [2.45, 2.75) is 69.9 Å². The molecule has 5 rings (SSSR count). The zero-order chi connectivity index (χ0) is 38.3. The molecule has 0 bridgehead atoms. The number of hydrogen-bond acceptors (Lipinski definition) is 5. The van der Waals surface area contributed by atoms with Crippen LogP contribution in [0.25, 0.3) is 11.3 Å². The molecular weight excluding hydrogens is 791 g/mol. The summed E-state index contributed by atoms with van der Waals surface area (Å²) in [5.74, 6) is -3.79. The molecule has 4 aromatic rings. The van der Waals surface area contributed by atoms with E-state index in [2.05, 4.69) is 36.8 Å². The van der Waals surface area contributed by atoms with Crippen molar-refractivity contribution in [3.63, 3.8) is 0 Å². The smallest absolute Gasteiger partial charge is 0.348 e. The molecule has 3 aromatic heterocycles. The second-order valence-corrected chi connectivity index (χ2v) is 14.6. The average Bonchev–Trinajstić information content (AvgIpc) is 3.34. The highest BCUT2D eigenvalue weighted by Crippen LogP contribution is 2.62. The van der Waals surface area contributed by atoms with Crippen molar-refractivity contribution >= 4 is 39.3 Å². The second kappa shape index (κ2) is 14.7. The van der Waals surface area contributed by atoms with Crippen LogP contribution in [-0.2, 0) is 35.8 Å². The molecule has 2 N–H and O–H groups in total. The standard InChI is InChI=1S/C33H32BrClF7N7O3/c1-31(2,16-49-25(11-26(46-49)33(40,41)42)18-9-23(37)28(51)47(3)15-18)45-27(50)24(8-17-13-43-48(14-17)30(38)39)44-29(52)32(6-7-35)12-21(32)20-5-4-19(34)10-22(20)36/h4-5,9-11,13-15,21,24,30H,6-8,12,16H2,1-3H3,(H,44,52)(H,45,50)/t21-,24-,32+/m1/s1. The molecule has 10 nitrogen and oxygen atoms in total. The molecule has 0 spiro atoms. The summed E-state index contributed by atoms with van der Waals surface area (Å²) in [6, 6.07) is 4.44. The van der Waals surface area contributed by atoms with Gasteiger partial charge >= 0.3 is 12.7 Å². The summed E-state index contributed by atoms with van der Waals surface area (Å²) in [5.41, 5.74) is -4.81. The van der Waals surface area contributed by atoms with E-state index in [0.29, 0.717) is 15.2 Å². The fourth-order valence-corrected chi connectivity index (χ4v) is 6.87. The second-order valence-electron chi connectivity index (χ2n) is 13.3. The Labute approximate surface area is 305 Å². The third-order valence-electron chi connectivity index (χ3n) is 8.84. The van der Waals surface area contributed by atoms with E-state index in [1.165, 1.54) is 33.0 Å². The van der Waals surface area contributed by atoms with Crippen LogP contribution in [0.5, 0.6) is 0 Å². The van der Waals surface area contributed by atoms with Crippen molar-refractivity contribution in [1.29, 1.82) is 0 Å². The average molecular weight is 823 g/mol. The zero-order valence-electron chi connectivity index (χ0n) is 27.7. The van der Waals surface area contributed by atoms with Gasteiger partial charge in [0.15, 0.2) is 11.5 Å². The quantitative estimate of drug-likeness (QED) is 0.121. The first kappa shape index (κ1) is 39.0. The third-order valence-corrected chi connectivity index (χ3v) is 9.52. The number of carbonyl (C=O) groups excluding carboxylic acids is 2. The molecule has 1 aliphatic rings. The minimum absolute atomic E-state index is 0.0265. The first-order chi connectivity index (χ1) is 24.2. The minimum Gasteiger partial charge on any atom is -0.348 e. The first-order valence-electron chi connectivity index (χ1n) is 15.7. The Balaban J connectivity index is 1.44. The molecule has 3 heterocycles. The fraction of sp³-hybridized carbons (Fsp3) is 0.424. The number of pyridine rings is 1. The first-order valence-corrected chi connectivity index (χ1v) is 17.0. The molecule has 52 heavy (non-hydrogen) atoms. The van der Waals surface area contributed by atoms with E-state index >= 15 is 0 Å². The van der Waals surface area contributed by atoms with E-state index in [-0.39, 0.29) is 47.5 Å². The molecular formula is C33H32BrClF7N7O3. The van der Waals surface area contributed by atoms with E-state index in [9.17, 15) is 45.1 Å². The Kier molecular flexibility index (Phi) is 11.0. The van der Waals surface area contributed by atoms with Gasteiger partial charge in [0.2, 0.25) is 11.8 Å². The van der Waals surface area contributed by atoms with Gasteiger partial charge in [0.1, 0.15) is 11.9 Å². The molecule has 0 unspecified atom stereocenters. The van der Waals surface area contributed by atoms with Crippen molar-refractivity contribution in [2.24, 2.45) is 12.5 Å². The number of alkyl halides is 6. The molecule has 19 heteroatoms. The van der Waals surface area contributed by atoms with Crippen molar-refractivity contribution in [2.75, 3.05) is 5.88 Å². The number of amides is 2. The molecule has 3 atom stereocenters. The van der Waals surface area contributed by atoms with Crippen LogP contribution in [0.4, 0.5) is 30.7 Å². The lowest BCUT2D eigenvalue weighted by Gasteiger charge is -2.30. The van der Waals surface area contributed by atoms with Gasteiger partial charge < -0.3 is 15.2 Å². The number of benzene rings is 1. The molecule has 1 aliphatic carbocycles. The van der Waals surface area contributed by atoms with Gasteiger partial charge in [-0.15, -0.1) is 11.6 Å². The van der Waals surface area contributed by atoms with Crippen molar-refractivity contribution in [3.8, 4) is 11.3 Å². The maximum atomic E-state index is 14.9. The summed E-state index contributed by atoms with van der Waals surface area (Å²) >= 11 is 9.27. The fourth-order valence-electron chi connectivity index (χ4n) is 6.20. The summed E-state index contributed by atoms with van der Waals surface area (Å²) < 4.78 is 99.9. The molecule has 1 aromatic carbocycles. The number of aryl methyl sites for hydroxylation is 1. The maximum absolute atomic E-state index is 14.9. The van der Waals surface area contributed by atoms with Gasteiger partial charge in [0, 0.05) is 47.7 Å². The van der Waals surface area contributed by atoms with E-state index in [1.807, 2.05) is 0 Å². The van der Waals surface area contributed by atoms with Crippen LogP contribution in [0.1, 0.15) is 56.0 Å². The van der Waals surface area contributed by atoms with Gasteiger partial charge in [-0.25, -0.2) is 13.5 Å². The lowest BCUT2D eigenvalue weighted by atomic mass is 9.93. The summed E-state index contributed by atoms with van der Waals surface area (Å²) in [6.45, 7) is -0.485. The summed E-state index contributed by atoms with van der Waals surface area (Å²) in [4.78, 5) is 39.8. The van der Waals surface area contributed by atoms with Crippen LogP contribution in [0, 0.1) is 17.0 Å². The lowest BCUT2D eigenvalue weighted by molar-refractivity contribution is -0.141. The number of halogens is 9. The minimum atomic E-state index is -4.90. The summed E-state index contributed by atoms with van der Waals surface area (Å²) in [5, 5.41) is 12.6. The number of nitrogens with zero attached hydrogens (tertiary/aromatic N) is 5.